The fraction of sp³-hybridized carbons (Fsp3) is 0.636. The van der Waals surface area contributed by atoms with Crippen LogP contribution in [0.25, 0.3) is 0 Å². The Morgan fingerprint density at radius 2 is 1.82 bits per heavy atom. The third kappa shape index (κ3) is 7.39. The van der Waals surface area contributed by atoms with Gasteiger partial charge in [-0.25, -0.2) is 4.79 Å². The van der Waals surface area contributed by atoms with Crippen molar-refractivity contribution in [2.45, 2.75) is 30.5 Å². The van der Waals surface area contributed by atoms with Gasteiger partial charge in [0.25, 0.3) is 0 Å². The number of rotatable bonds is 6. The highest BCUT2D eigenvalue weighted by Gasteiger charge is 2.26. The van der Waals surface area contributed by atoms with Gasteiger partial charge in [-0.1, -0.05) is 22.5 Å². The van der Waals surface area contributed by atoms with Crippen molar-refractivity contribution in [2.75, 3.05) is 13.2 Å². The van der Waals surface area contributed by atoms with Crippen molar-refractivity contribution in [1.29, 1.82) is 0 Å². The van der Waals surface area contributed by atoms with E-state index >= 15 is 0 Å². The summed E-state index contributed by atoms with van der Waals surface area (Å²) in [6.45, 7) is 8.26. The standard InChI is InChI=1S/C11H16BrClO4/c1-7(2)9(14)16-5-8(13)6-17-10(15)11(3,4)12/h8H,1,5-6H2,2-4H3. The molecule has 0 aromatic rings. The van der Waals surface area contributed by atoms with Crippen LogP contribution < -0.4 is 0 Å². The highest BCUT2D eigenvalue weighted by molar-refractivity contribution is 9.10. The largest absolute Gasteiger partial charge is 0.463 e. The van der Waals surface area contributed by atoms with Crippen LogP contribution in [-0.2, 0) is 19.1 Å². The maximum atomic E-state index is 11.4. The van der Waals surface area contributed by atoms with E-state index in [9.17, 15) is 9.59 Å². The SMILES string of the molecule is C=C(C)C(=O)OCC(Cl)COC(=O)C(C)(C)Br. The van der Waals surface area contributed by atoms with Crippen LogP contribution >= 0.6 is 27.5 Å². The number of hydrogen-bond donors (Lipinski definition) is 0. The second-order valence-corrected chi connectivity index (χ2v) is 6.65. The third-order valence-electron chi connectivity index (χ3n) is 1.62. The molecular weight excluding hydrogens is 311 g/mol. The molecule has 0 N–H and O–H groups in total. The van der Waals surface area contributed by atoms with Crippen molar-refractivity contribution in [3.05, 3.63) is 12.2 Å². The number of carbonyl (C=O) groups excluding carboxylic acids is 2. The van der Waals surface area contributed by atoms with E-state index in [2.05, 4.69) is 22.5 Å². The van der Waals surface area contributed by atoms with E-state index < -0.39 is 21.6 Å². The zero-order valence-electron chi connectivity index (χ0n) is 10.1. The number of carbonyl (C=O) groups is 2. The number of halogens is 2. The molecule has 0 fully saturated rings. The molecule has 1 unspecified atom stereocenters. The lowest BCUT2D eigenvalue weighted by atomic mass is 10.2. The quantitative estimate of drug-likeness (QED) is 0.427. The molecule has 6 heteroatoms. The molecule has 0 saturated heterocycles. The minimum absolute atomic E-state index is 0.0150. The van der Waals surface area contributed by atoms with Crippen LogP contribution in [0.5, 0.6) is 0 Å². The summed E-state index contributed by atoms with van der Waals surface area (Å²) in [6.07, 6.45) is 0. The van der Waals surface area contributed by atoms with Crippen LogP contribution in [-0.4, -0.2) is 34.9 Å². The molecule has 0 aromatic carbocycles. The van der Waals surface area contributed by atoms with Gasteiger partial charge >= 0.3 is 11.9 Å². The smallest absolute Gasteiger partial charge is 0.333 e. The van der Waals surface area contributed by atoms with Crippen molar-refractivity contribution < 1.29 is 19.1 Å². The van der Waals surface area contributed by atoms with Gasteiger partial charge in [0.2, 0.25) is 0 Å². The maximum Gasteiger partial charge on any atom is 0.333 e. The molecule has 4 nitrogen and oxygen atoms in total. The second kappa shape index (κ2) is 7.01. The van der Waals surface area contributed by atoms with Crippen LogP contribution in [0.15, 0.2) is 12.2 Å². The predicted molar refractivity (Wildman–Crippen MR) is 69.4 cm³/mol. The van der Waals surface area contributed by atoms with Crippen LogP contribution in [0.4, 0.5) is 0 Å². The molecule has 0 aliphatic heterocycles. The molecule has 0 aromatic heterocycles. The monoisotopic (exact) mass is 326 g/mol. The average molecular weight is 328 g/mol. The van der Waals surface area contributed by atoms with Gasteiger partial charge in [0, 0.05) is 5.57 Å². The molecule has 0 radical (unpaired) electrons. The summed E-state index contributed by atoms with van der Waals surface area (Å²) in [6, 6.07) is 0. The highest BCUT2D eigenvalue weighted by atomic mass is 79.9. The Morgan fingerprint density at radius 1 is 1.35 bits per heavy atom. The molecule has 0 saturated carbocycles. The van der Waals surface area contributed by atoms with Gasteiger partial charge in [0.15, 0.2) is 0 Å². The second-order valence-electron chi connectivity index (χ2n) is 4.05. The number of hydrogen-bond acceptors (Lipinski definition) is 4. The lowest BCUT2D eigenvalue weighted by Gasteiger charge is -2.16. The predicted octanol–water partition coefficient (Wildman–Crippen LogP) is 2.43. The first-order chi connectivity index (χ1) is 7.64. The lowest BCUT2D eigenvalue weighted by molar-refractivity contribution is -0.146. The first-order valence-electron chi connectivity index (χ1n) is 4.97. The summed E-state index contributed by atoms with van der Waals surface area (Å²) in [7, 11) is 0. The van der Waals surface area contributed by atoms with Crippen molar-refractivity contribution in [1.82, 2.24) is 0 Å². The summed E-state index contributed by atoms with van der Waals surface area (Å²) in [5.41, 5.74) is 0.299. The van der Waals surface area contributed by atoms with Crippen LogP contribution in [0, 0.1) is 0 Å². The van der Waals surface area contributed by atoms with Crippen LogP contribution in [0.2, 0.25) is 0 Å². The molecule has 0 aliphatic rings. The Bertz CT molecular complexity index is 309. The van der Waals surface area contributed by atoms with Gasteiger partial charge < -0.3 is 9.47 Å². The normalized spacial score (nSPS) is 12.8. The van der Waals surface area contributed by atoms with E-state index in [1.54, 1.807) is 20.8 Å². The maximum absolute atomic E-state index is 11.4. The molecule has 0 amide bonds. The van der Waals surface area contributed by atoms with Gasteiger partial charge in [-0.05, 0) is 20.8 Å². The zero-order chi connectivity index (χ0) is 13.6. The van der Waals surface area contributed by atoms with E-state index in [0.29, 0.717) is 5.57 Å². The summed E-state index contributed by atoms with van der Waals surface area (Å²) >= 11 is 8.99. The highest BCUT2D eigenvalue weighted by Crippen LogP contribution is 2.17. The Hall–Kier alpha value is -0.550. The Kier molecular flexibility index (Phi) is 6.78. The molecule has 0 bridgehead atoms. The first-order valence-corrected chi connectivity index (χ1v) is 6.20. The van der Waals surface area contributed by atoms with Crippen molar-refractivity contribution in [3.63, 3.8) is 0 Å². The molecular formula is C11H16BrClO4. The summed E-state index contributed by atoms with van der Waals surface area (Å²) in [5.74, 6) is -0.933. The minimum Gasteiger partial charge on any atom is -0.463 e. The summed E-state index contributed by atoms with van der Waals surface area (Å²) in [4.78, 5) is 22.4. The third-order valence-corrected chi connectivity index (χ3v) is 2.20. The van der Waals surface area contributed by atoms with Gasteiger partial charge in [-0.15, -0.1) is 11.6 Å². The fourth-order valence-corrected chi connectivity index (χ4v) is 0.916. The van der Waals surface area contributed by atoms with Gasteiger partial charge in [-0.3, -0.25) is 4.79 Å². The van der Waals surface area contributed by atoms with E-state index in [4.69, 9.17) is 21.1 Å². The number of alkyl halides is 2. The van der Waals surface area contributed by atoms with Crippen molar-refractivity contribution in [2.24, 2.45) is 0 Å². The lowest BCUT2D eigenvalue weighted by Crippen LogP contribution is -2.30. The molecule has 0 heterocycles. The summed E-state index contributed by atoms with van der Waals surface area (Å²) in [5, 5.41) is -0.572. The van der Waals surface area contributed by atoms with Gasteiger partial charge in [0.1, 0.15) is 22.9 Å². The first kappa shape index (κ1) is 16.4. The molecule has 1 atom stereocenters. The average Bonchev–Trinajstić information content (AvgIpc) is 2.20. The number of ether oxygens (including phenoxy) is 2. The number of esters is 2. The van der Waals surface area contributed by atoms with Crippen molar-refractivity contribution in [3.8, 4) is 0 Å². The molecule has 0 rings (SSSR count). The Labute approximate surface area is 114 Å². The molecule has 0 aliphatic carbocycles. The van der Waals surface area contributed by atoms with Crippen molar-refractivity contribution >= 4 is 39.5 Å². The zero-order valence-corrected chi connectivity index (χ0v) is 12.4. The minimum atomic E-state index is -0.752. The van der Waals surface area contributed by atoms with E-state index in [-0.39, 0.29) is 13.2 Å². The molecule has 0 spiro atoms. The van der Waals surface area contributed by atoms with E-state index in [1.807, 2.05) is 0 Å². The fourth-order valence-electron chi connectivity index (χ4n) is 0.675. The molecule has 98 valence electrons. The van der Waals surface area contributed by atoms with Crippen LogP contribution in [0.3, 0.4) is 0 Å². The topological polar surface area (TPSA) is 52.6 Å². The van der Waals surface area contributed by atoms with E-state index in [0.717, 1.165) is 0 Å². The van der Waals surface area contributed by atoms with Crippen LogP contribution in [0.1, 0.15) is 20.8 Å². The Balaban J connectivity index is 3.89. The van der Waals surface area contributed by atoms with Gasteiger partial charge in [0.05, 0.1) is 0 Å². The Morgan fingerprint density at radius 3 is 2.24 bits per heavy atom. The van der Waals surface area contributed by atoms with E-state index in [1.165, 1.54) is 0 Å². The van der Waals surface area contributed by atoms with Gasteiger partial charge in [-0.2, -0.15) is 0 Å². The summed E-state index contributed by atoms with van der Waals surface area (Å²) < 4.78 is 8.99. The molecule has 17 heavy (non-hydrogen) atoms.